The van der Waals surface area contributed by atoms with Crippen LogP contribution >= 0.6 is 11.3 Å². The van der Waals surface area contributed by atoms with Crippen LogP contribution in [0, 0.1) is 13.8 Å². The number of hydrogen-bond acceptors (Lipinski definition) is 2. The molecule has 1 aromatic carbocycles. The number of nitrogens with one attached hydrogen (secondary N) is 1. The van der Waals surface area contributed by atoms with Crippen molar-refractivity contribution in [1.29, 1.82) is 0 Å². The molecule has 1 unspecified atom stereocenters. The van der Waals surface area contributed by atoms with E-state index in [0.29, 0.717) is 5.92 Å². The molecule has 0 fully saturated rings. The lowest BCUT2D eigenvalue weighted by atomic mass is 10.0. The van der Waals surface area contributed by atoms with E-state index in [1.807, 2.05) is 18.4 Å². The molecule has 96 valence electrons. The van der Waals surface area contributed by atoms with Crippen LogP contribution in [0.2, 0.25) is 0 Å². The lowest BCUT2D eigenvalue weighted by Gasteiger charge is -2.07. The molecule has 1 aromatic heterocycles. The van der Waals surface area contributed by atoms with Gasteiger partial charge in [-0.1, -0.05) is 36.2 Å². The van der Waals surface area contributed by atoms with Gasteiger partial charge in [0, 0.05) is 11.4 Å². The molecule has 1 nitrogen and oxygen atoms in total. The van der Waals surface area contributed by atoms with Gasteiger partial charge in [0.05, 0.1) is 0 Å². The number of likely N-dealkylation sites (N-methyl/N-ethyl adjacent to an activating group) is 1. The van der Waals surface area contributed by atoms with Gasteiger partial charge in [0.2, 0.25) is 0 Å². The van der Waals surface area contributed by atoms with Crippen LogP contribution in [0.1, 0.15) is 29.5 Å². The zero-order valence-electron chi connectivity index (χ0n) is 11.6. The zero-order chi connectivity index (χ0) is 13.1. The van der Waals surface area contributed by atoms with Gasteiger partial charge in [-0.2, -0.15) is 0 Å². The Morgan fingerprint density at radius 3 is 2.39 bits per heavy atom. The van der Waals surface area contributed by atoms with Crippen molar-refractivity contribution >= 4 is 11.3 Å². The number of thiophene rings is 1. The van der Waals surface area contributed by atoms with Crippen LogP contribution in [0.25, 0.3) is 10.4 Å². The summed E-state index contributed by atoms with van der Waals surface area (Å²) < 4.78 is 0. The molecular formula is C16H21NS. The molecule has 18 heavy (non-hydrogen) atoms. The van der Waals surface area contributed by atoms with Gasteiger partial charge in [-0.05, 0) is 49.4 Å². The summed E-state index contributed by atoms with van der Waals surface area (Å²) in [6, 6.07) is 9.10. The highest BCUT2D eigenvalue weighted by Crippen LogP contribution is 2.31. The predicted octanol–water partition coefficient (Wildman–Crippen LogP) is 4.35. The van der Waals surface area contributed by atoms with Crippen LogP contribution in [-0.2, 0) is 0 Å². The van der Waals surface area contributed by atoms with Crippen LogP contribution in [-0.4, -0.2) is 13.6 Å². The average molecular weight is 259 g/mol. The molecule has 2 aromatic rings. The maximum absolute atomic E-state index is 3.24. The number of rotatable bonds is 4. The van der Waals surface area contributed by atoms with Crippen LogP contribution < -0.4 is 5.32 Å². The number of benzene rings is 1. The quantitative estimate of drug-likeness (QED) is 0.860. The Labute approximate surface area is 114 Å². The minimum atomic E-state index is 0.575. The Bertz CT molecular complexity index is 507. The van der Waals surface area contributed by atoms with Crippen molar-refractivity contribution in [2.24, 2.45) is 0 Å². The van der Waals surface area contributed by atoms with Gasteiger partial charge in [-0.25, -0.2) is 0 Å². The fraction of sp³-hybridized carbons (Fsp3) is 0.375. The molecule has 1 atom stereocenters. The summed E-state index contributed by atoms with van der Waals surface area (Å²) in [5, 5.41) is 5.52. The first-order valence-corrected chi connectivity index (χ1v) is 7.30. The lowest BCUT2D eigenvalue weighted by molar-refractivity contribution is 0.680. The summed E-state index contributed by atoms with van der Waals surface area (Å²) in [6.07, 6.45) is 0. The zero-order valence-corrected chi connectivity index (χ0v) is 12.4. The second-order valence-corrected chi connectivity index (χ2v) is 5.99. The fourth-order valence-corrected chi connectivity index (χ4v) is 3.32. The molecule has 1 N–H and O–H groups in total. The normalized spacial score (nSPS) is 12.7. The van der Waals surface area contributed by atoms with Crippen molar-refractivity contribution in [2.75, 3.05) is 13.6 Å². The summed E-state index contributed by atoms with van der Waals surface area (Å²) >= 11 is 1.85. The molecule has 2 heteroatoms. The van der Waals surface area contributed by atoms with E-state index in [0.717, 1.165) is 6.54 Å². The van der Waals surface area contributed by atoms with Crippen LogP contribution in [0.15, 0.2) is 29.6 Å². The largest absolute Gasteiger partial charge is 0.319 e. The summed E-state index contributed by atoms with van der Waals surface area (Å²) in [6.45, 7) is 7.62. The molecule has 0 amide bonds. The van der Waals surface area contributed by atoms with E-state index in [1.54, 1.807) is 0 Å². The molecule has 2 rings (SSSR count). The maximum atomic E-state index is 3.24. The molecule has 0 aliphatic carbocycles. The van der Waals surface area contributed by atoms with Crippen molar-refractivity contribution in [2.45, 2.75) is 26.7 Å². The summed E-state index contributed by atoms with van der Waals surface area (Å²) in [7, 11) is 2.01. The predicted molar refractivity (Wildman–Crippen MR) is 81.6 cm³/mol. The molecule has 0 radical (unpaired) electrons. The first kappa shape index (κ1) is 13.3. The van der Waals surface area contributed by atoms with Gasteiger partial charge < -0.3 is 5.32 Å². The molecular weight excluding hydrogens is 238 g/mol. The third kappa shape index (κ3) is 3.01. The van der Waals surface area contributed by atoms with E-state index in [-0.39, 0.29) is 0 Å². The van der Waals surface area contributed by atoms with E-state index in [4.69, 9.17) is 0 Å². The smallest absolute Gasteiger partial charge is 0.0345 e. The van der Waals surface area contributed by atoms with E-state index >= 15 is 0 Å². The standard InChI is InChI=1S/C16H21NS/c1-11-5-12(2)7-14(6-11)16-8-15(10-18-16)13(3)9-17-4/h5-8,10,13,17H,9H2,1-4H3. The van der Waals surface area contributed by atoms with E-state index in [1.165, 1.54) is 27.1 Å². The number of aryl methyl sites for hydroxylation is 2. The van der Waals surface area contributed by atoms with Crippen molar-refractivity contribution in [1.82, 2.24) is 5.32 Å². The van der Waals surface area contributed by atoms with Gasteiger partial charge in [0.25, 0.3) is 0 Å². The van der Waals surface area contributed by atoms with E-state index < -0.39 is 0 Å². The minimum Gasteiger partial charge on any atom is -0.319 e. The highest BCUT2D eigenvalue weighted by molar-refractivity contribution is 7.13. The molecule has 0 aliphatic heterocycles. The van der Waals surface area contributed by atoms with Gasteiger partial charge in [-0.15, -0.1) is 11.3 Å². The third-order valence-electron chi connectivity index (χ3n) is 3.21. The van der Waals surface area contributed by atoms with Crippen molar-refractivity contribution in [3.05, 3.63) is 46.3 Å². The number of hydrogen-bond donors (Lipinski definition) is 1. The molecule has 0 spiro atoms. The summed E-state index contributed by atoms with van der Waals surface area (Å²) in [5.74, 6) is 0.575. The topological polar surface area (TPSA) is 12.0 Å². The van der Waals surface area contributed by atoms with Gasteiger partial charge in [0.15, 0.2) is 0 Å². The Balaban J connectivity index is 2.29. The first-order chi connectivity index (χ1) is 8.60. The molecule has 1 heterocycles. The Morgan fingerprint density at radius 1 is 1.11 bits per heavy atom. The van der Waals surface area contributed by atoms with Crippen LogP contribution in [0.4, 0.5) is 0 Å². The van der Waals surface area contributed by atoms with Crippen LogP contribution in [0.5, 0.6) is 0 Å². The van der Waals surface area contributed by atoms with Crippen molar-refractivity contribution in [3.63, 3.8) is 0 Å². The molecule has 0 aliphatic rings. The first-order valence-electron chi connectivity index (χ1n) is 6.42. The van der Waals surface area contributed by atoms with Gasteiger partial charge in [-0.3, -0.25) is 0 Å². The minimum absolute atomic E-state index is 0.575. The average Bonchev–Trinajstić information content (AvgIpc) is 2.77. The van der Waals surface area contributed by atoms with Crippen molar-refractivity contribution < 1.29 is 0 Å². The van der Waals surface area contributed by atoms with Gasteiger partial charge >= 0.3 is 0 Å². The molecule has 0 saturated heterocycles. The molecule has 0 bridgehead atoms. The summed E-state index contributed by atoms with van der Waals surface area (Å²) in [4.78, 5) is 1.37. The summed E-state index contributed by atoms with van der Waals surface area (Å²) in [5.41, 5.74) is 5.45. The fourth-order valence-electron chi connectivity index (χ4n) is 2.30. The van der Waals surface area contributed by atoms with E-state index in [2.05, 4.69) is 55.7 Å². The van der Waals surface area contributed by atoms with Crippen molar-refractivity contribution in [3.8, 4) is 10.4 Å². The Kier molecular flexibility index (Phi) is 4.20. The van der Waals surface area contributed by atoms with Gasteiger partial charge in [0.1, 0.15) is 0 Å². The Hall–Kier alpha value is -1.12. The molecule has 0 saturated carbocycles. The van der Waals surface area contributed by atoms with E-state index in [9.17, 15) is 0 Å². The highest BCUT2D eigenvalue weighted by atomic mass is 32.1. The third-order valence-corrected chi connectivity index (χ3v) is 4.20. The Morgan fingerprint density at radius 2 is 1.78 bits per heavy atom. The maximum Gasteiger partial charge on any atom is 0.0345 e. The second-order valence-electron chi connectivity index (χ2n) is 5.08. The SMILES string of the molecule is CNCC(C)c1csc(-c2cc(C)cc(C)c2)c1. The monoisotopic (exact) mass is 259 g/mol. The lowest BCUT2D eigenvalue weighted by Crippen LogP contribution is -2.14. The van der Waals surface area contributed by atoms with Crippen LogP contribution in [0.3, 0.4) is 0 Å². The highest BCUT2D eigenvalue weighted by Gasteiger charge is 2.09. The second kappa shape index (κ2) is 5.68.